The molecule has 0 atom stereocenters. The first-order valence-electron chi connectivity index (χ1n) is 15.0. The maximum absolute atomic E-state index is 13.8. The molecule has 2 fully saturated rings. The first-order valence-corrected chi connectivity index (χ1v) is 15.0. The van der Waals surface area contributed by atoms with Crippen LogP contribution in [0.5, 0.6) is 0 Å². The highest BCUT2D eigenvalue weighted by atomic mass is 16.5. The Labute approximate surface area is 239 Å². The molecule has 40 heavy (non-hydrogen) atoms. The molecular weight excluding hydrogens is 496 g/mol. The summed E-state index contributed by atoms with van der Waals surface area (Å²) in [6, 6.07) is 13.7. The summed E-state index contributed by atoms with van der Waals surface area (Å²) >= 11 is 0. The molecule has 2 aliphatic carbocycles. The summed E-state index contributed by atoms with van der Waals surface area (Å²) in [7, 11) is 2.19. The average Bonchev–Trinajstić information content (AvgIpc) is 3.48. The second-order valence-electron chi connectivity index (χ2n) is 12.0. The van der Waals surface area contributed by atoms with E-state index in [0.717, 1.165) is 77.5 Å². The molecule has 0 unspecified atom stereocenters. The van der Waals surface area contributed by atoms with E-state index in [9.17, 15) is 9.59 Å². The largest absolute Gasteiger partial charge is 0.379 e. The maximum Gasteiger partial charge on any atom is 0.163 e. The molecule has 1 saturated carbocycles. The Bertz CT molecular complexity index is 1310. The van der Waals surface area contributed by atoms with Crippen molar-refractivity contribution in [1.29, 1.82) is 0 Å². The van der Waals surface area contributed by atoms with Crippen LogP contribution in [0.4, 0.5) is 5.69 Å². The molecule has 1 saturated heterocycles. The minimum atomic E-state index is 0.115. The van der Waals surface area contributed by atoms with E-state index in [4.69, 9.17) is 4.74 Å². The second kappa shape index (κ2) is 12.7. The van der Waals surface area contributed by atoms with E-state index in [1.807, 2.05) is 13.8 Å². The van der Waals surface area contributed by atoms with Crippen molar-refractivity contribution in [2.45, 2.75) is 78.3 Å². The van der Waals surface area contributed by atoms with Crippen molar-refractivity contribution >= 4 is 17.3 Å². The van der Waals surface area contributed by atoms with Crippen LogP contribution in [0.25, 0.3) is 11.1 Å². The predicted octanol–water partition coefficient (Wildman–Crippen LogP) is 7.07. The molecule has 0 radical (unpaired) electrons. The van der Waals surface area contributed by atoms with E-state index in [1.165, 1.54) is 31.2 Å². The maximum atomic E-state index is 13.8. The van der Waals surface area contributed by atoms with Gasteiger partial charge >= 0.3 is 0 Å². The van der Waals surface area contributed by atoms with Gasteiger partial charge in [-0.3, -0.25) is 14.5 Å². The Morgan fingerprint density at radius 2 is 1.70 bits per heavy atom. The van der Waals surface area contributed by atoms with Crippen molar-refractivity contribution in [2.75, 3.05) is 38.3 Å². The monoisotopic (exact) mass is 540 g/mol. The van der Waals surface area contributed by atoms with Crippen LogP contribution >= 0.6 is 0 Å². The van der Waals surface area contributed by atoms with Crippen molar-refractivity contribution < 1.29 is 14.3 Å². The third-order valence-corrected chi connectivity index (χ3v) is 9.05. The number of benzene rings is 2. The van der Waals surface area contributed by atoms with Crippen LogP contribution in [0.3, 0.4) is 0 Å². The van der Waals surface area contributed by atoms with Gasteiger partial charge in [-0.1, -0.05) is 48.8 Å². The number of morpholine rings is 1. The van der Waals surface area contributed by atoms with Gasteiger partial charge in [0, 0.05) is 56.8 Å². The van der Waals surface area contributed by atoms with Crippen LogP contribution in [0, 0.1) is 6.92 Å². The Morgan fingerprint density at radius 3 is 2.38 bits per heavy atom. The highest BCUT2D eigenvalue weighted by molar-refractivity contribution is 6.03. The molecule has 0 spiro atoms. The van der Waals surface area contributed by atoms with Crippen molar-refractivity contribution in [3.05, 3.63) is 75.9 Å². The summed E-state index contributed by atoms with van der Waals surface area (Å²) in [5.74, 6) is 0.276. The van der Waals surface area contributed by atoms with E-state index in [2.05, 4.69) is 66.2 Å². The predicted molar refractivity (Wildman–Crippen MR) is 163 cm³/mol. The standard InChI is InChI=1S/C35H44N2O3/c1-24-19-25(2)31(35(39)20-24)13-14-34(38)32-21-29(22-33(26(32)3)36(4)30-7-5-6-8-30)28-11-9-27(10-12-28)23-37-15-17-40-18-16-37/h9-12,19,21-22,30H,5-8,13-18,20,23H2,1-4H3. The number of nitrogens with zero attached hydrogens (tertiary/aromatic N) is 2. The summed E-state index contributed by atoms with van der Waals surface area (Å²) in [6.07, 6.45) is 8.32. The van der Waals surface area contributed by atoms with Crippen LogP contribution in [0.2, 0.25) is 0 Å². The smallest absolute Gasteiger partial charge is 0.163 e. The summed E-state index contributed by atoms with van der Waals surface area (Å²) in [5.41, 5.74) is 9.38. The summed E-state index contributed by atoms with van der Waals surface area (Å²) in [4.78, 5) is 31.3. The molecule has 2 aromatic carbocycles. The van der Waals surface area contributed by atoms with E-state index >= 15 is 0 Å². The SMILES string of the molecule is CC1=CC(C)=C(CCC(=O)c2cc(-c3ccc(CN4CCOCC4)cc3)cc(N(C)C3CCCC3)c2C)C(=O)C1. The lowest BCUT2D eigenvalue weighted by atomic mass is 9.87. The fourth-order valence-corrected chi connectivity index (χ4v) is 6.63. The molecule has 5 nitrogen and oxygen atoms in total. The molecule has 1 aliphatic heterocycles. The van der Waals surface area contributed by atoms with Gasteiger partial charge in [0.25, 0.3) is 0 Å². The number of ether oxygens (including phenoxy) is 1. The van der Waals surface area contributed by atoms with E-state index in [1.54, 1.807) is 0 Å². The van der Waals surface area contributed by atoms with Crippen molar-refractivity contribution in [2.24, 2.45) is 0 Å². The number of hydrogen-bond acceptors (Lipinski definition) is 5. The second-order valence-corrected chi connectivity index (χ2v) is 12.0. The normalized spacial score (nSPS) is 18.8. The van der Waals surface area contributed by atoms with Gasteiger partial charge in [-0.05, 0) is 85.6 Å². The Hall–Kier alpha value is -3.02. The molecule has 2 aromatic rings. The zero-order valence-corrected chi connectivity index (χ0v) is 24.7. The molecule has 0 bridgehead atoms. The molecule has 1 heterocycles. The Kier molecular flexibility index (Phi) is 9.02. The number of Topliss-reactive ketones (excluding diaryl/α,β-unsaturated/α-hetero) is 2. The van der Waals surface area contributed by atoms with Gasteiger partial charge in [0.1, 0.15) is 0 Å². The fourth-order valence-electron chi connectivity index (χ4n) is 6.63. The third-order valence-electron chi connectivity index (χ3n) is 9.05. The molecule has 3 aliphatic rings. The van der Waals surface area contributed by atoms with Crippen LogP contribution in [-0.4, -0.2) is 55.9 Å². The lowest BCUT2D eigenvalue weighted by molar-refractivity contribution is -0.115. The topological polar surface area (TPSA) is 49.9 Å². The number of rotatable bonds is 9. The number of allylic oxidation sites excluding steroid dienone is 4. The third kappa shape index (κ3) is 6.47. The van der Waals surface area contributed by atoms with Gasteiger partial charge in [-0.25, -0.2) is 0 Å². The number of ketones is 2. The Balaban J connectivity index is 1.42. The lowest BCUT2D eigenvalue weighted by Gasteiger charge is -2.30. The zero-order chi connectivity index (χ0) is 28.2. The highest BCUT2D eigenvalue weighted by Gasteiger charge is 2.25. The van der Waals surface area contributed by atoms with Crippen LogP contribution < -0.4 is 4.90 Å². The molecule has 0 N–H and O–H groups in total. The average molecular weight is 541 g/mol. The quantitative estimate of drug-likeness (QED) is 0.318. The van der Waals surface area contributed by atoms with Crippen molar-refractivity contribution in [3.8, 4) is 11.1 Å². The molecule has 212 valence electrons. The molecule has 0 amide bonds. The van der Waals surface area contributed by atoms with Gasteiger partial charge in [-0.15, -0.1) is 0 Å². The summed E-state index contributed by atoms with van der Waals surface area (Å²) in [5, 5.41) is 0. The van der Waals surface area contributed by atoms with E-state index in [0.29, 0.717) is 25.3 Å². The first-order chi connectivity index (χ1) is 19.3. The van der Waals surface area contributed by atoms with Gasteiger partial charge in [0.15, 0.2) is 11.6 Å². The highest BCUT2D eigenvalue weighted by Crippen LogP contribution is 2.36. The van der Waals surface area contributed by atoms with E-state index < -0.39 is 0 Å². The van der Waals surface area contributed by atoms with Gasteiger partial charge in [0.2, 0.25) is 0 Å². The fraction of sp³-hybridized carbons (Fsp3) is 0.486. The number of carbonyl (C=O) groups is 2. The summed E-state index contributed by atoms with van der Waals surface area (Å²) < 4.78 is 5.49. The summed E-state index contributed by atoms with van der Waals surface area (Å²) in [6.45, 7) is 10.6. The lowest BCUT2D eigenvalue weighted by Crippen LogP contribution is -2.35. The van der Waals surface area contributed by atoms with Crippen molar-refractivity contribution in [3.63, 3.8) is 0 Å². The van der Waals surface area contributed by atoms with Crippen molar-refractivity contribution in [1.82, 2.24) is 4.90 Å². The minimum absolute atomic E-state index is 0.115. The van der Waals surface area contributed by atoms with Gasteiger partial charge in [-0.2, -0.15) is 0 Å². The molecular formula is C35H44N2O3. The van der Waals surface area contributed by atoms with E-state index in [-0.39, 0.29) is 11.6 Å². The number of hydrogen-bond donors (Lipinski definition) is 0. The minimum Gasteiger partial charge on any atom is -0.379 e. The van der Waals surface area contributed by atoms with Crippen LogP contribution in [0.1, 0.15) is 80.3 Å². The number of carbonyl (C=O) groups excluding carboxylic acids is 2. The first kappa shape index (κ1) is 28.5. The Morgan fingerprint density at radius 1 is 1.00 bits per heavy atom. The molecule has 5 heteroatoms. The zero-order valence-electron chi connectivity index (χ0n) is 24.7. The van der Waals surface area contributed by atoms with Crippen LogP contribution in [0.15, 0.2) is 59.2 Å². The number of anilines is 1. The molecule has 5 rings (SSSR count). The van der Waals surface area contributed by atoms with Gasteiger partial charge in [0.05, 0.1) is 13.2 Å². The van der Waals surface area contributed by atoms with Gasteiger partial charge < -0.3 is 9.64 Å². The molecule has 0 aromatic heterocycles. The van der Waals surface area contributed by atoms with Crippen LogP contribution in [-0.2, 0) is 16.1 Å².